The molecule has 3 N–H and O–H groups in total. The lowest BCUT2D eigenvalue weighted by Crippen LogP contribution is -2.27. The van der Waals surface area contributed by atoms with Gasteiger partial charge in [-0.05, 0) is 31.0 Å². The highest BCUT2D eigenvalue weighted by molar-refractivity contribution is 7.80. The summed E-state index contributed by atoms with van der Waals surface area (Å²) in [6.07, 6.45) is -3.91. The van der Waals surface area contributed by atoms with Crippen molar-refractivity contribution in [1.29, 1.82) is 0 Å². The number of nitrogens with two attached hydrogens (primary N) is 1. The maximum Gasteiger partial charge on any atom is 0.417 e. The molecule has 1 amide bonds. The van der Waals surface area contributed by atoms with Crippen LogP contribution >= 0.6 is 12.2 Å². The second kappa shape index (κ2) is 5.98. The van der Waals surface area contributed by atoms with Gasteiger partial charge >= 0.3 is 6.18 Å². The Labute approximate surface area is 124 Å². The molecule has 0 aliphatic carbocycles. The van der Waals surface area contributed by atoms with Gasteiger partial charge in [0, 0.05) is 17.9 Å². The maximum atomic E-state index is 13.0. The number of carbonyl (C=O) groups excluding carboxylic acids is 1. The summed E-state index contributed by atoms with van der Waals surface area (Å²) < 4.78 is 44.1. The van der Waals surface area contributed by atoms with Gasteiger partial charge in [-0.2, -0.15) is 13.2 Å². The average molecular weight is 318 g/mol. The van der Waals surface area contributed by atoms with E-state index in [-0.39, 0.29) is 16.2 Å². The molecule has 1 unspecified atom stereocenters. The Bertz CT molecular complexity index is 569. The van der Waals surface area contributed by atoms with Gasteiger partial charge < -0.3 is 15.8 Å². The summed E-state index contributed by atoms with van der Waals surface area (Å²) in [6, 6.07) is 3.30. The summed E-state index contributed by atoms with van der Waals surface area (Å²) in [5.74, 6) is -0.455. The van der Waals surface area contributed by atoms with Crippen molar-refractivity contribution in [3.05, 3.63) is 29.3 Å². The normalized spacial score (nSPS) is 18.5. The molecule has 1 atom stereocenters. The molecule has 1 saturated heterocycles. The summed E-state index contributed by atoms with van der Waals surface area (Å²) in [5, 5.41) is 2.41. The predicted octanol–water partition coefficient (Wildman–Crippen LogP) is 2.46. The van der Waals surface area contributed by atoms with Gasteiger partial charge in [0.15, 0.2) is 0 Å². The number of alkyl halides is 3. The van der Waals surface area contributed by atoms with E-state index in [0.717, 1.165) is 18.6 Å². The highest BCUT2D eigenvalue weighted by Gasteiger charge is 2.34. The van der Waals surface area contributed by atoms with Crippen LogP contribution in [0.15, 0.2) is 18.2 Å². The SMILES string of the molecule is NC(=S)c1ccc(NC(=O)C2CCCO2)cc1C(F)(F)F. The molecule has 4 nitrogen and oxygen atoms in total. The average Bonchev–Trinajstić information content (AvgIpc) is 2.91. The highest BCUT2D eigenvalue weighted by atomic mass is 32.1. The smallest absolute Gasteiger partial charge is 0.389 e. The Kier molecular flexibility index (Phi) is 4.48. The lowest BCUT2D eigenvalue weighted by molar-refractivity contribution is -0.137. The summed E-state index contributed by atoms with van der Waals surface area (Å²) in [6.45, 7) is 0.478. The first-order valence-corrected chi connectivity index (χ1v) is 6.63. The van der Waals surface area contributed by atoms with Gasteiger partial charge in [0.25, 0.3) is 5.91 Å². The molecule has 1 heterocycles. The Hall–Kier alpha value is -1.67. The number of thiocarbonyl (C=S) groups is 1. The molecule has 1 fully saturated rings. The van der Waals surface area contributed by atoms with Crippen LogP contribution in [-0.2, 0) is 15.7 Å². The van der Waals surface area contributed by atoms with Crippen LogP contribution in [0.4, 0.5) is 18.9 Å². The molecule has 2 rings (SSSR count). The number of ether oxygens (including phenoxy) is 1. The zero-order chi connectivity index (χ0) is 15.6. The molecular formula is C13H13F3N2O2S. The zero-order valence-electron chi connectivity index (χ0n) is 10.9. The van der Waals surface area contributed by atoms with Crippen molar-refractivity contribution < 1.29 is 22.7 Å². The minimum absolute atomic E-state index is 0.0304. The minimum Gasteiger partial charge on any atom is -0.389 e. The quantitative estimate of drug-likeness (QED) is 0.840. The molecule has 0 saturated carbocycles. The highest BCUT2D eigenvalue weighted by Crippen LogP contribution is 2.34. The number of carbonyl (C=O) groups is 1. The number of rotatable bonds is 3. The van der Waals surface area contributed by atoms with Gasteiger partial charge in [-0.25, -0.2) is 0 Å². The van der Waals surface area contributed by atoms with E-state index in [1.54, 1.807) is 0 Å². The van der Waals surface area contributed by atoms with Crippen molar-refractivity contribution >= 4 is 28.8 Å². The molecule has 114 valence electrons. The van der Waals surface area contributed by atoms with Crippen molar-refractivity contribution in [2.24, 2.45) is 5.73 Å². The second-order valence-corrected chi connectivity index (χ2v) is 5.05. The lowest BCUT2D eigenvalue weighted by Gasteiger charge is -2.15. The number of hydrogen-bond donors (Lipinski definition) is 2. The molecule has 8 heteroatoms. The van der Waals surface area contributed by atoms with Crippen LogP contribution < -0.4 is 11.1 Å². The van der Waals surface area contributed by atoms with Gasteiger partial charge in [0.05, 0.1) is 5.56 Å². The number of hydrogen-bond acceptors (Lipinski definition) is 3. The van der Waals surface area contributed by atoms with Crippen LogP contribution in [-0.4, -0.2) is 23.6 Å². The predicted molar refractivity (Wildman–Crippen MR) is 74.9 cm³/mol. The fourth-order valence-corrected chi connectivity index (χ4v) is 2.26. The van der Waals surface area contributed by atoms with Gasteiger partial charge in [0.2, 0.25) is 0 Å². The first-order valence-electron chi connectivity index (χ1n) is 6.22. The Morgan fingerprint density at radius 3 is 2.67 bits per heavy atom. The van der Waals surface area contributed by atoms with E-state index in [0.29, 0.717) is 13.0 Å². The van der Waals surface area contributed by atoms with Crippen molar-refractivity contribution in [1.82, 2.24) is 0 Å². The fourth-order valence-electron chi connectivity index (χ4n) is 2.08. The third-order valence-electron chi connectivity index (χ3n) is 3.08. The number of halogens is 3. The van der Waals surface area contributed by atoms with Crippen molar-refractivity contribution in [2.75, 3.05) is 11.9 Å². The van der Waals surface area contributed by atoms with Gasteiger partial charge in [-0.15, -0.1) is 0 Å². The second-order valence-electron chi connectivity index (χ2n) is 4.61. The summed E-state index contributed by atoms with van der Waals surface area (Å²) in [7, 11) is 0. The third-order valence-corrected chi connectivity index (χ3v) is 3.30. The molecule has 1 aromatic carbocycles. The van der Waals surface area contributed by atoms with Crippen molar-refractivity contribution in [3.8, 4) is 0 Å². The Morgan fingerprint density at radius 2 is 2.14 bits per heavy atom. The van der Waals surface area contributed by atoms with E-state index in [1.165, 1.54) is 6.07 Å². The van der Waals surface area contributed by atoms with Crippen molar-refractivity contribution in [2.45, 2.75) is 25.1 Å². The van der Waals surface area contributed by atoms with Crippen molar-refractivity contribution in [3.63, 3.8) is 0 Å². The fraction of sp³-hybridized carbons (Fsp3) is 0.385. The molecule has 0 spiro atoms. The largest absolute Gasteiger partial charge is 0.417 e. The maximum absolute atomic E-state index is 13.0. The zero-order valence-corrected chi connectivity index (χ0v) is 11.7. The standard InChI is InChI=1S/C13H13F3N2O2S/c14-13(15,16)9-6-7(3-4-8(9)11(17)21)18-12(19)10-2-1-5-20-10/h3-4,6,10H,1-2,5H2,(H2,17,21)(H,18,19). The number of nitrogens with one attached hydrogen (secondary N) is 1. The molecule has 0 aromatic heterocycles. The van der Waals surface area contributed by atoms with E-state index in [1.807, 2.05) is 0 Å². The van der Waals surface area contributed by atoms with Crippen LogP contribution in [0.5, 0.6) is 0 Å². The number of amides is 1. The Balaban J connectivity index is 2.25. The Morgan fingerprint density at radius 1 is 1.43 bits per heavy atom. The summed E-state index contributed by atoms with van der Waals surface area (Å²) in [4.78, 5) is 11.5. The number of anilines is 1. The molecule has 0 bridgehead atoms. The van der Waals surface area contributed by atoms with E-state index in [9.17, 15) is 18.0 Å². The first kappa shape index (κ1) is 15.7. The summed E-state index contributed by atoms with van der Waals surface area (Å²) >= 11 is 4.61. The molecule has 21 heavy (non-hydrogen) atoms. The van der Waals surface area contributed by atoms with Crippen LogP contribution in [0.3, 0.4) is 0 Å². The lowest BCUT2D eigenvalue weighted by atomic mass is 10.1. The van der Waals surface area contributed by atoms with E-state index < -0.39 is 23.8 Å². The van der Waals surface area contributed by atoms with Gasteiger partial charge in [-0.3, -0.25) is 4.79 Å². The summed E-state index contributed by atoms with van der Waals surface area (Å²) in [5.41, 5.74) is 4.07. The monoisotopic (exact) mass is 318 g/mol. The third kappa shape index (κ3) is 3.70. The van der Waals surface area contributed by atoms with Crippen LogP contribution in [0.2, 0.25) is 0 Å². The van der Waals surface area contributed by atoms with E-state index in [2.05, 4.69) is 17.5 Å². The van der Waals surface area contributed by atoms with Crippen LogP contribution in [0.1, 0.15) is 24.0 Å². The van der Waals surface area contributed by atoms with Gasteiger partial charge in [-0.1, -0.05) is 12.2 Å². The van der Waals surface area contributed by atoms with E-state index >= 15 is 0 Å². The topological polar surface area (TPSA) is 64.3 Å². The molecule has 0 radical (unpaired) electrons. The first-order chi connectivity index (χ1) is 9.79. The molecular weight excluding hydrogens is 305 g/mol. The van der Waals surface area contributed by atoms with E-state index in [4.69, 9.17) is 10.5 Å². The molecule has 1 aliphatic heterocycles. The molecule has 1 aliphatic rings. The minimum atomic E-state index is -4.61. The molecule has 1 aromatic rings. The number of benzene rings is 1. The van der Waals surface area contributed by atoms with Crippen LogP contribution in [0, 0.1) is 0 Å². The van der Waals surface area contributed by atoms with Crippen LogP contribution in [0.25, 0.3) is 0 Å². The van der Waals surface area contributed by atoms with Gasteiger partial charge in [0.1, 0.15) is 11.1 Å².